The summed E-state index contributed by atoms with van der Waals surface area (Å²) in [6.07, 6.45) is 1.56. The van der Waals surface area contributed by atoms with Gasteiger partial charge in [-0.25, -0.2) is 14.6 Å². The normalized spacial score (nSPS) is 11.7. The lowest BCUT2D eigenvalue weighted by Crippen LogP contribution is -2.29. The summed E-state index contributed by atoms with van der Waals surface area (Å²) in [6, 6.07) is 7.63. The minimum atomic E-state index is -4.71. The van der Waals surface area contributed by atoms with Gasteiger partial charge in [0.05, 0.1) is 28.2 Å². The number of halogens is 4. The van der Waals surface area contributed by atoms with E-state index in [2.05, 4.69) is 20.3 Å². The summed E-state index contributed by atoms with van der Waals surface area (Å²) < 4.78 is 43.1. The van der Waals surface area contributed by atoms with Crippen molar-refractivity contribution in [3.05, 3.63) is 82.5 Å². The summed E-state index contributed by atoms with van der Waals surface area (Å²) in [7, 11) is 5.38. The molecule has 4 aromatic rings. The van der Waals surface area contributed by atoms with Crippen LogP contribution in [0.5, 0.6) is 0 Å². The van der Waals surface area contributed by atoms with Crippen molar-refractivity contribution in [2.45, 2.75) is 19.5 Å². The Labute approximate surface area is 229 Å². The zero-order valence-corrected chi connectivity index (χ0v) is 22.6. The smallest absolute Gasteiger partial charge is 0.372 e. The maximum absolute atomic E-state index is 13.8. The molecule has 0 aliphatic rings. The van der Waals surface area contributed by atoms with Crippen LogP contribution in [0.4, 0.5) is 18.9 Å². The molecule has 0 bridgehead atoms. The second-order valence-electron chi connectivity index (χ2n) is 9.48. The number of hydrogen-bond donors (Lipinski definition) is 0. The van der Waals surface area contributed by atoms with Crippen LogP contribution >= 0.6 is 11.6 Å². The summed E-state index contributed by atoms with van der Waals surface area (Å²) in [5, 5.41) is 7.94. The molecule has 2 aromatic carbocycles. The van der Waals surface area contributed by atoms with Gasteiger partial charge >= 0.3 is 6.18 Å². The Morgan fingerprint density at radius 1 is 1.05 bits per heavy atom. The number of nitrogens with zero attached hydrogens (tertiary/aromatic N) is 7. The van der Waals surface area contributed by atoms with Crippen molar-refractivity contribution in [3.63, 3.8) is 0 Å². The van der Waals surface area contributed by atoms with E-state index in [4.69, 9.17) is 11.6 Å². The van der Waals surface area contributed by atoms with Crippen LogP contribution in [0.25, 0.3) is 16.9 Å². The molecule has 8 nitrogen and oxygen atoms in total. The predicted molar refractivity (Wildman–Crippen MR) is 143 cm³/mol. The number of hydrogen-bond acceptors (Lipinski definition) is 7. The van der Waals surface area contributed by atoms with Gasteiger partial charge in [-0.1, -0.05) is 28.9 Å². The van der Waals surface area contributed by atoms with E-state index in [-0.39, 0.29) is 17.7 Å². The number of benzene rings is 2. The van der Waals surface area contributed by atoms with Crippen LogP contribution in [0.15, 0.2) is 55.2 Å². The lowest BCUT2D eigenvalue weighted by atomic mass is 9.98. The van der Waals surface area contributed by atoms with Gasteiger partial charge in [-0.15, -0.1) is 5.10 Å². The van der Waals surface area contributed by atoms with Gasteiger partial charge in [0.25, 0.3) is 0 Å². The van der Waals surface area contributed by atoms with Gasteiger partial charge in [0.15, 0.2) is 5.78 Å². The number of ketones is 1. The Balaban J connectivity index is 1.64. The van der Waals surface area contributed by atoms with E-state index >= 15 is 0 Å². The highest BCUT2D eigenvalue weighted by atomic mass is 35.5. The number of carbonyl (C=O) groups is 1. The van der Waals surface area contributed by atoms with E-state index in [1.54, 1.807) is 47.4 Å². The molecule has 12 heteroatoms. The third kappa shape index (κ3) is 6.61. The first kappa shape index (κ1) is 28.2. The maximum Gasteiger partial charge on any atom is 0.417 e. The number of Topliss-reactive ketones (excluding diaryl/α,β-unsaturated/α-hetero) is 1. The summed E-state index contributed by atoms with van der Waals surface area (Å²) in [5.41, 5.74) is 2.51. The Kier molecular flexibility index (Phi) is 8.31. The second-order valence-corrected chi connectivity index (χ2v) is 9.85. The Hall–Kier alpha value is -3.83. The molecule has 2 heterocycles. The highest BCUT2D eigenvalue weighted by Crippen LogP contribution is 2.40. The topological polar surface area (TPSA) is 80.0 Å². The van der Waals surface area contributed by atoms with Crippen LogP contribution in [0.3, 0.4) is 0 Å². The van der Waals surface area contributed by atoms with Gasteiger partial charge in [0.1, 0.15) is 12.0 Å². The molecule has 0 amide bonds. The molecule has 4 rings (SSSR count). The minimum Gasteiger partial charge on any atom is -0.372 e. The molecule has 0 spiro atoms. The SMILES string of the molecule is Cc1ccc(CC(=O)c2cc(N(C)CCN(C)C)c(Cl)c(C(F)(F)F)c2)cc1-n1cc(-c2cncnc2)nn1. The molecule has 0 radical (unpaired) electrons. The van der Waals surface area contributed by atoms with Crippen molar-refractivity contribution in [2.24, 2.45) is 0 Å². The standard InChI is InChI=1S/C27H27ClF3N7O/c1-17-5-6-18(9-23(17)38-15-22(34-35-38)20-13-32-16-33-14-20)10-25(39)19-11-21(27(29,30)31)26(28)24(12-19)37(4)8-7-36(2)3/h5-6,9,11-16H,7-8,10H2,1-4H3. The predicted octanol–water partition coefficient (Wildman–Crippen LogP) is 5.13. The highest BCUT2D eigenvalue weighted by Gasteiger charge is 2.36. The van der Waals surface area contributed by atoms with Crippen molar-refractivity contribution in [1.82, 2.24) is 29.9 Å². The summed E-state index contributed by atoms with van der Waals surface area (Å²) >= 11 is 6.18. The fraction of sp³-hybridized carbons (Fsp3) is 0.296. The van der Waals surface area contributed by atoms with Crippen LogP contribution in [-0.2, 0) is 12.6 Å². The summed E-state index contributed by atoms with van der Waals surface area (Å²) in [6.45, 7) is 2.91. The first-order chi connectivity index (χ1) is 18.4. The van der Waals surface area contributed by atoms with E-state index in [9.17, 15) is 18.0 Å². The van der Waals surface area contributed by atoms with Crippen LogP contribution in [0.2, 0.25) is 5.02 Å². The Bertz CT molecular complexity index is 1470. The summed E-state index contributed by atoms with van der Waals surface area (Å²) in [4.78, 5) is 24.8. The first-order valence-corrected chi connectivity index (χ1v) is 12.4. The number of rotatable bonds is 9. The summed E-state index contributed by atoms with van der Waals surface area (Å²) in [5.74, 6) is -0.463. The molecule has 0 aliphatic heterocycles. The average molecular weight is 558 g/mol. The second kappa shape index (κ2) is 11.5. The van der Waals surface area contributed by atoms with E-state index < -0.39 is 22.5 Å². The van der Waals surface area contributed by atoms with Crippen molar-refractivity contribution >= 4 is 23.1 Å². The Morgan fingerprint density at radius 3 is 2.44 bits per heavy atom. The molecule has 0 saturated carbocycles. The molecule has 204 valence electrons. The molecule has 0 atom stereocenters. The van der Waals surface area contributed by atoms with Crippen LogP contribution in [-0.4, -0.2) is 69.9 Å². The van der Waals surface area contributed by atoms with Crippen molar-refractivity contribution in [1.29, 1.82) is 0 Å². The molecule has 0 unspecified atom stereocenters. The zero-order chi connectivity index (χ0) is 28.3. The van der Waals surface area contributed by atoms with Gasteiger partial charge in [0.2, 0.25) is 0 Å². The van der Waals surface area contributed by atoms with Gasteiger partial charge in [0, 0.05) is 50.1 Å². The number of alkyl halides is 3. The number of likely N-dealkylation sites (N-methyl/N-ethyl adjacent to an activating group) is 2. The van der Waals surface area contributed by atoms with Gasteiger partial charge in [-0.05, 0) is 50.3 Å². The van der Waals surface area contributed by atoms with E-state index in [0.29, 0.717) is 35.6 Å². The minimum absolute atomic E-state index is 0.0623. The molecule has 2 aromatic heterocycles. The van der Waals surface area contributed by atoms with Crippen LogP contribution in [0.1, 0.15) is 27.0 Å². The van der Waals surface area contributed by atoms with Crippen LogP contribution in [0, 0.1) is 6.92 Å². The number of carbonyl (C=O) groups excluding carboxylic acids is 1. The third-order valence-corrected chi connectivity index (χ3v) is 6.61. The lowest BCUT2D eigenvalue weighted by molar-refractivity contribution is -0.137. The highest BCUT2D eigenvalue weighted by molar-refractivity contribution is 6.34. The fourth-order valence-corrected chi connectivity index (χ4v) is 4.33. The number of aryl methyl sites for hydroxylation is 1. The van der Waals surface area contributed by atoms with E-state index in [0.717, 1.165) is 11.6 Å². The molecule has 0 fully saturated rings. The van der Waals surface area contributed by atoms with Crippen molar-refractivity contribution in [3.8, 4) is 16.9 Å². The molecule has 0 aliphatic carbocycles. The zero-order valence-electron chi connectivity index (χ0n) is 21.9. The fourth-order valence-electron chi connectivity index (χ4n) is 3.97. The average Bonchev–Trinajstić information content (AvgIpc) is 3.38. The van der Waals surface area contributed by atoms with E-state index in [1.807, 2.05) is 32.0 Å². The molecular formula is C27H27ClF3N7O. The maximum atomic E-state index is 13.8. The van der Waals surface area contributed by atoms with Gasteiger partial charge in [-0.3, -0.25) is 4.79 Å². The number of anilines is 1. The van der Waals surface area contributed by atoms with Crippen LogP contribution < -0.4 is 4.90 Å². The van der Waals surface area contributed by atoms with E-state index in [1.165, 1.54) is 12.4 Å². The van der Waals surface area contributed by atoms with Gasteiger partial charge in [-0.2, -0.15) is 13.2 Å². The molecule has 0 N–H and O–H groups in total. The Morgan fingerprint density at radius 2 is 1.77 bits per heavy atom. The van der Waals surface area contributed by atoms with Crippen molar-refractivity contribution in [2.75, 3.05) is 39.1 Å². The van der Waals surface area contributed by atoms with Gasteiger partial charge < -0.3 is 9.80 Å². The molecular weight excluding hydrogens is 531 g/mol. The first-order valence-electron chi connectivity index (χ1n) is 12.0. The quantitative estimate of drug-likeness (QED) is 0.264. The largest absolute Gasteiger partial charge is 0.417 e. The molecule has 0 saturated heterocycles. The third-order valence-electron chi connectivity index (χ3n) is 6.21. The van der Waals surface area contributed by atoms with Crippen molar-refractivity contribution < 1.29 is 18.0 Å². The lowest BCUT2D eigenvalue weighted by Gasteiger charge is -2.25. The monoisotopic (exact) mass is 557 g/mol. The number of aromatic nitrogens is 5. The molecule has 39 heavy (non-hydrogen) atoms.